The Balaban J connectivity index is 1.52. The third-order valence-corrected chi connectivity index (χ3v) is 5.37. The third kappa shape index (κ3) is 5.14. The van der Waals surface area contributed by atoms with E-state index in [1.54, 1.807) is 24.3 Å². The molecule has 3 amide bonds. The van der Waals surface area contributed by atoms with Gasteiger partial charge in [-0.2, -0.15) is 0 Å². The van der Waals surface area contributed by atoms with Crippen molar-refractivity contribution in [3.8, 4) is 11.5 Å². The number of ether oxygens (including phenoxy) is 3. The molecule has 33 heavy (non-hydrogen) atoms. The molecule has 2 aromatic carbocycles. The maximum atomic E-state index is 12.4. The summed E-state index contributed by atoms with van der Waals surface area (Å²) in [6, 6.07) is 9.72. The molecule has 0 radical (unpaired) electrons. The molecule has 1 N–H and O–H groups in total. The van der Waals surface area contributed by atoms with Crippen LogP contribution in [-0.4, -0.2) is 56.5 Å². The van der Waals surface area contributed by atoms with Gasteiger partial charge in [0.05, 0.1) is 43.7 Å². The first-order chi connectivity index (χ1) is 15.9. The van der Waals surface area contributed by atoms with Crippen LogP contribution in [0.2, 0.25) is 0 Å². The molecule has 0 aromatic heterocycles. The van der Waals surface area contributed by atoms with Gasteiger partial charge in [0, 0.05) is 25.1 Å². The number of rotatable bonds is 10. The zero-order valence-electron chi connectivity index (χ0n) is 18.8. The van der Waals surface area contributed by atoms with E-state index < -0.39 is 5.97 Å². The molecule has 0 spiro atoms. The van der Waals surface area contributed by atoms with Crippen LogP contribution in [0.25, 0.3) is 0 Å². The fourth-order valence-electron chi connectivity index (χ4n) is 3.65. The van der Waals surface area contributed by atoms with Crippen LogP contribution in [0.4, 0.5) is 5.69 Å². The first kappa shape index (κ1) is 23.8. The molecular formula is C24H26N2O7. The summed E-state index contributed by atoms with van der Waals surface area (Å²) in [5.41, 5.74) is 1.26. The molecule has 3 rings (SSSR count). The Labute approximate surface area is 191 Å². The zero-order valence-corrected chi connectivity index (χ0v) is 18.8. The standard InChI is InChI=1S/C24H26N2O7/c1-31-19-13-17(24(30)33-3)18(14-20(19)32-2)25-21(27)11-5-4-8-12-26-22(28)15-9-6-7-10-16(15)23(26)29/h6-7,9-10,13-14H,4-5,8,11-12H2,1-3H3,(H,25,27). The van der Waals surface area contributed by atoms with E-state index >= 15 is 0 Å². The zero-order chi connectivity index (χ0) is 24.0. The largest absolute Gasteiger partial charge is 0.493 e. The fourth-order valence-corrected chi connectivity index (χ4v) is 3.65. The molecule has 1 aliphatic heterocycles. The van der Waals surface area contributed by atoms with Crippen LogP contribution in [-0.2, 0) is 9.53 Å². The van der Waals surface area contributed by atoms with Crippen LogP contribution >= 0.6 is 0 Å². The molecule has 9 heteroatoms. The van der Waals surface area contributed by atoms with Gasteiger partial charge in [0.15, 0.2) is 11.5 Å². The Kier molecular flexibility index (Phi) is 7.66. The maximum Gasteiger partial charge on any atom is 0.340 e. The van der Waals surface area contributed by atoms with Gasteiger partial charge in [0.25, 0.3) is 11.8 Å². The Bertz CT molecular complexity index is 1050. The van der Waals surface area contributed by atoms with Gasteiger partial charge in [-0.1, -0.05) is 18.6 Å². The number of carbonyl (C=O) groups is 4. The van der Waals surface area contributed by atoms with Crippen molar-refractivity contribution >= 4 is 29.4 Å². The van der Waals surface area contributed by atoms with E-state index in [-0.39, 0.29) is 35.4 Å². The van der Waals surface area contributed by atoms with Crippen LogP contribution in [0.3, 0.4) is 0 Å². The highest BCUT2D eigenvalue weighted by atomic mass is 16.5. The van der Waals surface area contributed by atoms with Crippen LogP contribution in [0.15, 0.2) is 36.4 Å². The number of methoxy groups -OCH3 is 3. The van der Waals surface area contributed by atoms with Crippen molar-refractivity contribution in [3.05, 3.63) is 53.1 Å². The number of amides is 3. The lowest BCUT2D eigenvalue weighted by atomic mass is 10.1. The molecule has 9 nitrogen and oxygen atoms in total. The van der Waals surface area contributed by atoms with Crippen molar-refractivity contribution < 1.29 is 33.4 Å². The average Bonchev–Trinajstić information content (AvgIpc) is 3.07. The second-order valence-electron chi connectivity index (χ2n) is 7.41. The van der Waals surface area contributed by atoms with E-state index in [9.17, 15) is 19.2 Å². The van der Waals surface area contributed by atoms with Gasteiger partial charge >= 0.3 is 5.97 Å². The smallest absolute Gasteiger partial charge is 0.340 e. The molecule has 0 fully saturated rings. The quantitative estimate of drug-likeness (QED) is 0.333. The van der Waals surface area contributed by atoms with Gasteiger partial charge in [0.2, 0.25) is 5.91 Å². The van der Waals surface area contributed by atoms with Crippen molar-refractivity contribution in [1.29, 1.82) is 0 Å². The highest BCUT2D eigenvalue weighted by Crippen LogP contribution is 2.34. The van der Waals surface area contributed by atoms with Crippen molar-refractivity contribution in [2.24, 2.45) is 0 Å². The molecule has 1 aliphatic rings. The van der Waals surface area contributed by atoms with Gasteiger partial charge in [-0.3, -0.25) is 19.3 Å². The first-order valence-corrected chi connectivity index (χ1v) is 10.5. The highest BCUT2D eigenvalue weighted by Gasteiger charge is 2.34. The number of esters is 1. The molecule has 0 unspecified atom stereocenters. The summed E-state index contributed by atoms with van der Waals surface area (Å²) >= 11 is 0. The second-order valence-corrected chi connectivity index (χ2v) is 7.41. The Hall–Kier alpha value is -3.88. The molecule has 1 heterocycles. The van der Waals surface area contributed by atoms with E-state index in [4.69, 9.17) is 14.2 Å². The lowest BCUT2D eigenvalue weighted by Crippen LogP contribution is -2.30. The van der Waals surface area contributed by atoms with Crippen LogP contribution in [0, 0.1) is 0 Å². The van der Waals surface area contributed by atoms with Gasteiger partial charge < -0.3 is 19.5 Å². The molecular weight excluding hydrogens is 428 g/mol. The number of nitrogens with one attached hydrogen (secondary N) is 1. The SMILES string of the molecule is COC(=O)c1cc(OC)c(OC)cc1NC(=O)CCCCCN1C(=O)c2ccccc2C1=O. The van der Waals surface area contributed by atoms with E-state index in [1.807, 2.05) is 0 Å². The highest BCUT2D eigenvalue weighted by molar-refractivity contribution is 6.21. The fraction of sp³-hybridized carbons (Fsp3) is 0.333. The van der Waals surface area contributed by atoms with Crippen molar-refractivity contribution in [2.45, 2.75) is 25.7 Å². The molecule has 0 saturated carbocycles. The minimum atomic E-state index is -0.618. The summed E-state index contributed by atoms with van der Waals surface area (Å²) in [6.07, 6.45) is 1.99. The molecule has 0 bridgehead atoms. The van der Waals surface area contributed by atoms with Crippen molar-refractivity contribution in [2.75, 3.05) is 33.2 Å². The number of hydrogen-bond acceptors (Lipinski definition) is 7. The number of fused-ring (bicyclic) bond motifs is 1. The molecule has 0 saturated heterocycles. The lowest BCUT2D eigenvalue weighted by Gasteiger charge is -2.15. The minimum absolute atomic E-state index is 0.147. The topological polar surface area (TPSA) is 111 Å². The molecule has 0 aliphatic carbocycles. The first-order valence-electron chi connectivity index (χ1n) is 10.5. The minimum Gasteiger partial charge on any atom is -0.493 e. The van der Waals surface area contributed by atoms with Gasteiger partial charge in [0.1, 0.15) is 0 Å². The molecule has 2 aromatic rings. The monoisotopic (exact) mass is 454 g/mol. The summed E-state index contributed by atoms with van der Waals surface area (Å²) in [5, 5.41) is 2.72. The van der Waals surface area contributed by atoms with Crippen molar-refractivity contribution in [3.63, 3.8) is 0 Å². The van der Waals surface area contributed by atoms with Gasteiger partial charge in [-0.05, 0) is 25.0 Å². The molecule has 174 valence electrons. The van der Waals surface area contributed by atoms with Gasteiger partial charge in [-0.25, -0.2) is 4.79 Å². The second kappa shape index (κ2) is 10.6. The summed E-state index contributed by atoms with van der Waals surface area (Å²) in [5.74, 6) is -0.764. The summed E-state index contributed by atoms with van der Waals surface area (Å²) in [7, 11) is 4.15. The summed E-state index contributed by atoms with van der Waals surface area (Å²) in [4.78, 5) is 50.6. The Morgan fingerprint density at radius 1 is 0.879 bits per heavy atom. The number of unbranched alkanes of at least 4 members (excludes halogenated alkanes) is 2. The van der Waals surface area contributed by atoms with E-state index in [1.165, 1.54) is 38.4 Å². The number of carbonyl (C=O) groups excluding carboxylic acids is 4. The summed E-state index contributed by atoms with van der Waals surface area (Å²) in [6.45, 7) is 0.302. The average molecular weight is 454 g/mol. The van der Waals surface area contributed by atoms with E-state index in [0.29, 0.717) is 48.4 Å². The maximum absolute atomic E-state index is 12.4. The number of anilines is 1. The van der Waals surface area contributed by atoms with Crippen LogP contribution < -0.4 is 14.8 Å². The number of imide groups is 1. The number of benzene rings is 2. The van der Waals surface area contributed by atoms with Crippen molar-refractivity contribution in [1.82, 2.24) is 4.90 Å². The normalized spacial score (nSPS) is 12.4. The summed E-state index contributed by atoms with van der Waals surface area (Å²) < 4.78 is 15.2. The lowest BCUT2D eigenvalue weighted by molar-refractivity contribution is -0.116. The number of hydrogen-bond donors (Lipinski definition) is 1. The van der Waals surface area contributed by atoms with Crippen LogP contribution in [0.1, 0.15) is 56.8 Å². The van der Waals surface area contributed by atoms with E-state index in [0.717, 1.165) is 0 Å². The Morgan fingerprint density at radius 3 is 2.06 bits per heavy atom. The Morgan fingerprint density at radius 2 is 1.48 bits per heavy atom. The predicted molar refractivity (Wildman–Crippen MR) is 120 cm³/mol. The van der Waals surface area contributed by atoms with Crippen LogP contribution in [0.5, 0.6) is 11.5 Å². The predicted octanol–water partition coefficient (Wildman–Crippen LogP) is 3.29. The third-order valence-electron chi connectivity index (χ3n) is 5.37. The number of nitrogens with zero attached hydrogens (tertiary/aromatic N) is 1. The molecule has 0 atom stereocenters. The van der Waals surface area contributed by atoms with Gasteiger partial charge in [-0.15, -0.1) is 0 Å². The van der Waals surface area contributed by atoms with E-state index in [2.05, 4.69) is 5.32 Å².